The number of likely N-dealkylation sites (N-methyl/N-ethyl adjacent to an activating group) is 1. The standard InChI is InChI=1S/C13H20BrN3/c1-16-7-9-17(10-8-16)6-5-15-13-4-2-3-12(14)11-13/h2-4,11,15H,5-10H2,1H3. The highest BCUT2D eigenvalue weighted by atomic mass is 79.9. The van der Waals surface area contributed by atoms with Gasteiger partial charge in [-0.1, -0.05) is 22.0 Å². The first kappa shape index (κ1) is 12.9. The average molecular weight is 298 g/mol. The molecule has 94 valence electrons. The molecule has 1 aliphatic heterocycles. The highest BCUT2D eigenvalue weighted by Crippen LogP contribution is 2.15. The minimum atomic E-state index is 1.01. The maximum absolute atomic E-state index is 3.48. The fraction of sp³-hybridized carbons (Fsp3) is 0.538. The lowest BCUT2D eigenvalue weighted by atomic mass is 10.3. The summed E-state index contributed by atoms with van der Waals surface area (Å²) in [6.07, 6.45) is 0. The molecular formula is C13H20BrN3. The molecule has 0 saturated carbocycles. The third-order valence-electron chi connectivity index (χ3n) is 3.18. The fourth-order valence-electron chi connectivity index (χ4n) is 2.03. The predicted molar refractivity (Wildman–Crippen MR) is 76.6 cm³/mol. The second-order valence-electron chi connectivity index (χ2n) is 4.58. The van der Waals surface area contributed by atoms with Crippen molar-refractivity contribution in [3.05, 3.63) is 28.7 Å². The Kier molecular flexibility index (Phi) is 4.83. The van der Waals surface area contributed by atoms with Crippen molar-refractivity contribution in [2.24, 2.45) is 0 Å². The van der Waals surface area contributed by atoms with E-state index >= 15 is 0 Å². The summed E-state index contributed by atoms with van der Waals surface area (Å²) in [6, 6.07) is 8.33. The van der Waals surface area contributed by atoms with Crippen molar-refractivity contribution in [1.82, 2.24) is 9.80 Å². The first-order valence-electron chi connectivity index (χ1n) is 6.14. The summed E-state index contributed by atoms with van der Waals surface area (Å²) < 4.78 is 1.13. The molecule has 2 rings (SSSR count). The normalized spacial score (nSPS) is 18.2. The van der Waals surface area contributed by atoms with Crippen molar-refractivity contribution in [3.8, 4) is 0 Å². The zero-order chi connectivity index (χ0) is 12.1. The zero-order valence-corrected chi connectivity index (χ0v) is 11.9. The highest BCUT2D eigenvalue weighted by molar-refractivity contribution is 9.10. The van der Waals surface area contributed by atoms with Crippen molar-refractivity contribution in [1.29, 1.82) is 0 Å². The van der Waals surface area contributed by atoms with E-state index in [1.165, 1.54) is 31.9 Å². The van der Waals surface area contributed by atoms with E-state index in [4.69, 9.17) is 0 Å². The van der Waals surface area contributed by atoms with Crippen molar-refractivity contribution >= 4 is 21.6 Å². The first-order chi connectivity index (χ1) is 8.24. The second kappa shape index (κ2) is 6.38. The maximum atomic E-state index is 3.48. The summed E-state index contributed by atoms with van der Waals surface area (Å²) in [7, 11) is 2.19. The quantitative estimate of drug-likeness (QED) is 0.918. The topological polar surface area (TPSA) is 18.5 Å². The largest absolute Gasteiger partial charge is 0.384 e. The van der Waals surface area contributed by atoms with Crippen molar-refractivity contribution in [2.45, 2.75) is 0 Å². The van der Waals surface area contributed by atoms with Gasteiger partial charge in [0.15, 0.2) is 0 Å². The summed E-state index contributed by atoms with van der Waals surface area (Å²) >= 11 is 3.48. The van der Waals surface area contributed by atoms with Crippen LogP contribution >= 0.6 is 15.9 Å². The first-order valence-corrected chi connectivity index (χ1v) is 6.94. The van der Waals surface area contributed by atoms with Crippen LogP contribution in [0, 0.1) is 0 Å². The molecule has 0 unspecified atom stereocenters. The Bertz CT molecular complexity index is 348. The molecule has 1 aliphatic rings. The van der Waals surface area contributed by atoms with E-state index in [0.29, 0.717) is 0 Å². The molecule has 0 atom stereocenters. The summed E-state index contributed by atoms with van der Waals surface area (Å²) in [5.41, 5.74) is 1.19. The third kappa shape index (κ3) is 4.30. The van der Waals surface area contributed by atoms with Crippen LogP contribution in [0.15, 0.2) is 28.7 Å². The Morgan fingerprint density at radius 2 is 2.00 bits per heavy atom. The minimum Gasteiger partial charge on any atom is -0.384 e. The van der Waals surface area contributed by atoms with E-state index in [9.17, 15) is 0 Å². The molecular weight excluding hydrogens is 278 g/mol. The molecule has 0 radical (unpaired) electrons. The van der Waals surface area contributed by atoms with Gasteiger partial charge in [0.2, 0.25) is 0 Å². The number of benzene rings is 1. The number of nitrogens with zero attached hydrogens (tertiary/aromatic N) is 2. The Morgan fingerprint density at radius 1 is 1.24 bits per heavy atom. The molecule has 0 aliphatic carbocycles. The molecule has 3 nitrogen and oxygen atoms in total. The van der Waals surface area contributed by atoms with E-state index in [1.54, 1.807) is 0 Å². The van der Waals surface area contributed by atoms with Gasteiger partial charge in [-0.3, -0.25) is 4.90 Å². The number of hydrogen-bond acceptors (Lipinski definition) is 3. The minimum absolute atomic E-state index is 1.01. The lowest BCUT2D eigenvalue weighted by molar-refractivity contribution is 0.158. The summed E-state index contributed by atoms with van der Waals surface area (Å²) in [5, 5.41) is 3.46. The maximum Gasteiger partial charge on any atom is 0.0351 e. The molecule has 1 saturated heterocycles. The number of hydrogen-bond donors (Lipinski definition) is 1. The van der Waals surface area contributed by atoms with Crippen LogP contribution in [-0.4, -0.2) is 56.1 Å². The van der Waals surface area contributed by atoms with Crippen LogP contribution in [0.2, 0.25) is 0 Å². The molecule has 4 heteroatoms. The molecule has 0 spiro atoms. The molecule has 0 aromatic heterocycles. The molecule has 17 heavy (non-hydrogen) atoms. The molecule has 1 aromatic carbocycles. The smallest absolute Gasteiger partial charge is 0.0351 e. The number of halogens is 1. The summed E-state index contributed by atoms with van der Waals surface area (Å²) in [4.78, 5) is 4.91. The van der Waals surface area contributed by atoms with Crippen LogP contribution in [0.3, 0.4) is 0 Å². The second-order valence-corrected chi connectivity index (χ2v) is 5.50. The summed E-state index contributed by atoms with van der Waals surface area (Å²) in [6.45, 7) is 6.90. The monoisotopic (exact) mass is 297 g/mol. The molecule has 1 heterocycles. The van der Waals surface area contributed by atoms with E-state index < -0.39 is 0 Å². The van der Waals surface area contributed by atoms with E-state index in [-0.39, 0.29) is 0 Å². The van der Waals surface area contributed by atoms with E-state index in [1.807, 2.05) is 6.07 Å². The Balaban J connectivity index is 1.69. The Morgan fingerprint density at radius 3 is 2.71 bits per heavy atom. The number of nitrogens with one attached hydrogen (secondary N) is 1. The Hall–Kier alpha value is -0.580. The van der Waals surface area contributed by atoms with Crippen LogP contribution in [0.25, 0.3) is 0 Å². The van der Waals surface area contributed by atoms with Gasteiger partial charge >= 0.3 is 0 Å². The van der Waals surface area contributed by atoms with Gasteiger partial charge in [-0.05, 0) is 25.2 Å². The van der Waals surface area contributed by atoms with Crippen molar-refractivity contribution in [3.63, 3.8) is 0 Å². The highest BCUT2D eigenvalue weighted by Gasteiger charge is 2.12. The van der Waals surface area contributed by atoms with E-state index in [2.05, 4.69) is 56.3 Å². The lowest BCUT2D eigenvalue weighted by Crippen LogP contribution is -2.45. The number of rotatable bonds is 4. The van der Waals surface area contributed by atoms with Crippen molar-refractivity contribution < 1.29 is 0 Å². The zero-order valence-electron chi connectivity index (χ0n) is 10.3. The molecule has 0 amide bonds. The van der Waals surface area contributed by atoms with Gasteiger partial charge in [-0.2, -0.15) is 0 Å². The lowest BCUT2D eigenvalue weighted by Gasteiger charge is -2.32. The third-order valence-corrected chi connectivity index (χ3v) is 3.67. The predicted octanol–water partition coefficient (Wildman–Crippen LogP) is 2.11. The average Bonchev–Trinajstić information content (AvgIpc) is 2.32. The van der Waals surface area contributed by atoms with Gasteiger partial charge in [0.25, 0.3) is 0 Å². The fourth-order valence-corrected chi connectivity index (χ4v) is 2.43. The van der Waals surface area contributed by atoms with E-state index in [0.717, 1.165) is 17.6 Å². The molecule has 1 aromatic rings. The van der Waals surface area contributed by atoms with Gasteiger partial charge < -0.3 is 10.2 Å². The molecule has 1 fully saturated rings. The Labute approximate surface area is 112 Å². The SMILES string of the molecule is CN1CCN(CCNc2cccc(Br)c2)CC1. The van der Waals surface area contributed by atoms with Gasteiger partial charge in [0, 0.05) is 49.4 Å². The van der Waals surface area contributed by atoms with Gasteiger partial charge in [-0.15, -0.1) is 0 Å². The molecule has 0 bridgehead atoms. The van der Waals surface area contributed by atoms with Gasteiger partial charge in [0.1, 0.15) is 0 Å². The number of piperazine rings is 1. The molecule has 1 N–H and O–H groups in total. The van der Waals surface area contributed by atoms with Gasteiger partial charge in [-0.25, -0.2) is 0 Å². The van der Waals surface area contributed by atoms with Crippen LogP contribution in [0.1, 0.15) is 0 Å². The van der Waals surface area contributed by atoms with Crippen LogP contribution in [0.4, 0.5) is 5.69 Å². The summed E-state index contributed by atoms with van der Waals surface area (Å²) in [5.74, 6) is 0. The van der Waals surface area contributed by atoms with Gasteiger partial charge in [0.05, 0.1) is 0 Å². The van der Waals surface area contributed by atoms with Crippen LogP contribution < -0.4 is 5.32 Å². The van der Waals surface area contributed by atoms with Crippen LogP contribution in [0.5, 0.6) is 0 Å². The van der Waals surface area contributed by atoms with Crippen molar-refractivity contribution in [2.75, 3.05) is 51.6 Å². The van der Waals surface area contributed by atoms with Crippen LogP contribution in [-0.2, 0) is 0 Å². The number of anilines is 1.